The molecule has 0 amide bonds. The molecule has 19 heavy (non-hydrogen) atoms. The molecule has 6 nitrogen and oxygen atoms in total. The van der Waals surface area contributed by atoms with Gasteiger partial charge >= 0.3 is 12.5 Å². The van der Waals surface area contributed by atoms with Gasteiger partial charge in [-0.25, -0.2) is 9.80 Å². The Kier molecular flexibility index (Phi) is 2.25. The Hall–Kier alpha value is -2.57. The average Bonchev–Trinajstić information content (AvgIpc) is 2.37. The molecule has 2 heterocycles. The highest BCUT2D eigenvalue weighted by molar-refractivity contribution is 5.94. The molecule has 1 aliphatic heterocycles. The van der Waals surface area contributed by atoms with E-state index in [-0.39, 0.29) is 11.1 Å². The van der Waals surface area contributed by atoms with Crippen LogP contribution in [0.3, 0.4) is 0 Å². The quantitative estimate of drug-likeness (QED) is 0.775. The van der Waals surface area contributed by atoms with E-state index in [1.165, 1.54) is 29.9 Å². The van der Waals surface area contributed by atoms with E-state index >= 15 is 0 Å². The second kappa shape index (κ2) is 3.71. The number of hydrogen-bond donors (Lipinski definition) is 1. The Morgan fingerprint density at radius 1 is 1.47 bits per heavy atom. The normalized spacial score (nSPS) is 17.4. The summed E-state index contributed by atoms with van der Waals surface area (Å²) < 4.78 is 20.0. The molecule has 0 saturated heterocycles. The summed E-state index contributed by atoms with van der Waals surface area (Å²) >= 11 is 0. The van der Waals surface area contributed by atoms with Crippen molar-refractivity contribution in [2.45, 2.75) is 6.48 Å². The first kappa shape index (κ1) is 11.5. The Labute approximate surface area is 106 Å². The second-order valence-electron chi connectivity index (χ2n) is 4.16. The van der Waals surface area contributed by atoms with Gasteiger partial charge in [0.15, 0.2) is 5.75 Å². The predicted molar refractivity (Wildman–Crippen MR) is 64.8 cm³/mol. The van der Waals surface area contributed by atoms with Gasteiger partial charge in [0.1, 0.15) is 11.1 Å². The van der Waals surface area contributed by atoms with E-state index < -0.39 is 23.4 Å². The number of ether oxygens (including phenoxy) is 1. The molecule has 1 aliphatic rings. The molecular formula is C12H9FN2O4. The lowest BCUT2D eigenvalue weighted by Gasteiger charge is -2.32. The van der Waals surface area contributed by atoms with Crippen molar-refractivity contribution in [2.24, 2.45) is 0 Å². The fraction of sp³-hybridized carbons (Fsp3) is 0.167. The van der Waals surface area contributed by atoms with Gasteiger partial charge in [-0.15, -0.1) is 0 Å². The Bertz CT molecular complexity index is 755. The van der Waals surface area contributed by atoms with Crippen molar-refractivity contribution >= 4 is 16.9 Å². The van der Waals surface area contributed by atoms with E-state index in [9.17, 15) is 14.0 Å². The number of benzene rings is 1. The van der Waals surface area contributed by atoms with Gasteiger partial charge in [-0.3, -0.25) is 9.47 Å². The summed E-state index contributed by atoms with van der Waals surface area (Å²) in [5.74, 6) is -1.14. The van der Waals surface area contributed by atoms with Gasteiger partial charge in [-0.1, -0.05) is 6.07 Å². The van der Waals surface area contributed by atoms with E-state index in [0.29, 0.717) is 5.52 Å². The summed E-state index contributed by atoms with van der Waals surface area (Å²) in [6.45, 7) is -1.75. The third-order valence-corrected chi connectivity index (χ3v) is 3.06. The van der Waals surface area contributed by atoms with Crippen LogP contribution in [0.4, 0.5) is 4.39 Å². The summed E-state index contributed by atoms with van der Waals surface area (Å²) in [6.07, 6.45) is 1.10. The zero-order chi connectivity index (χ0) is 13.7. The minimum absolute atomic E-state index is 0.177. The van der Waals surface area contributed by atoms with Crippen molar-refractivity contribution in [1.29, 1.82) is 0 Å². The van der Waals surface area contributed by atoms with Crippen LogP contribution in [0.5, 0.6) is 5.75 Å². The molecule has 1 unspecified atom stereocenters. The molecule has 0 spiro atoms. The minimum atomic E-state index is -1.75. The molecule has 0 radical (unpaired) electrons. The van der Waals surface area contributed by atoms with Crippen molar-refractivity contribution in [3.05, 3.63) is 40.2 Å². The van der Waals surface area contributed by atoms with Crippen LogP contribution in [0.1, 0.15) is 10.4 Å². The Morgan fingerprint density at radius 2 is 2.21 bits per heavy atom. The highest BCUT2D eigenvalue weighted by Gasteiger charge is 2.27. The van der Waals surface area contributed by atoms with Crippen LogP contribution in [-0.2, 0) is 0 Å². The molecule has 2 aromatic rings. The molecule has 0 fully saturated rings. The standard InChI is InChI=1S/C12H9FN2O4/c1-14-12(13)19-8-4-2-3-6-9(8)15(14)5-7(10(6)16)11(17)18/h2-5,12H,1H3,(H,17,18). The van der Waals surface area contributed by atoms with Crippen LogP contribution in [0.15, 0.2) is 29.2 Å². The molecule has 1 aromatic carbocycles. The highest BCUT2D eigenvalue weighted by atomic mass is 19.1. The SMILES string of the molecule is CN1C(F)Oc2cccc3c(=O)c(C(=O)O)cn1c23. The third-order valence-electron chi connectivity index (χ3n) is 3.06. The summed E-state index contributed by atoms with van der Waals surface area (Å²) in [4.78, 5) is 23.1. The van der Waals surface area contributed by atoms with Crippen molar-refractivity contribution in [3.63, 3.8) is 0 Å². The van der Waals surface area contributed by atoms with Gasteiger partial charge in [0, 0.05) is 13.2 Å². The zero-order valence-electron chi connectivity index (χ0n) is 9.83. The number of carbonyl (C=O) groups is 1. The number of carboxylic acid groups (broad SMARTS) is 1. The first-order valence-electron chi connectivity index (χ1n) is 5.46. The highest BCUT2D eigenvalue weighted by Crippen LogP contribution is 2.29. The number of hydrogen-bond acceptors (Lipinski definition) is 4. The van der Waals surface area contributed by atoms with Gasteiger partial charge in [-0.05, 0) is 12.1 Å². The number of para-hydroxylation sites is 1. The molecule has 0 aliphatic carbocycles. The lowest BCUT2D eigenvalue weighted by Crippen LogP contribution is -2.45. The van der Waals surface area contributed by atoms with Crippen LogP contribution in [-0.4, -0.2) is 29.3 Å². The summed E-state index contributed by atoms with van der Waals surface area (Å²) in [5, 5.41) is 10.3. The predicted octanol–water partition coefficient (Wildman–Crippen LogP) is 0.913. The van der Waals surface area contributed by atoms with Gasteiger partial charge in [0.05, 0.1) is 5.39 Å². The van der Waals surface area contributed by atoms with E-state index in [0.717, 1.165) is 11.2 Å². The second-order valence-corrected chi connectivity index (χ2v) is 4.16. The van der Waals surface area contributed by atoms with Gasteiger partial charge in [-0.2, -0.15) is 4.39 Å². The number of rotatable bonds is 1. The summed E-state index contributed by atoms with van der Waals surface area (Å²) in [7, 11) is 1.40. The minimum Gasteiger partial charge on any atom is -0.477 e. The molecule has 1 aromatic heterocycles. The van der Waals surface area contributed by atoms with Crippen molar-refractivity contribution in [2.75, 3.05) is 12.1 Å². The van der Waals surface area contributed by atoms with Crippen LogP contribution >= 0.6 is 0 Å². The summed E-state index contributed by atoms with van der Waals surface area (Å²) in [5.41, 5.74) is -0.672. The molecule has 0 saturated carbocycles. The van der Waals surface area contributed by atoms with E-state index in [1.807, 2.05) is 0 Å². The third kappa shape index (κ3) is 1.48. The Balaban J connectivity index is 2.49. The largest absolute Gasteiger partial charge is 0.477 e. The van der Waals surface area contributed by atoms with Crippen molar-refractivity contribution in [1.82, 2.24) is 4.68 Å². The van der Waals surface area contributed by atoms with Gasteiger partial charge < -0.3 is 9.84 Å². The molecule has 1 N–H and O–H groups in total. The Morgan fingerprint density at radius 3 is 2.89 bits per heavy atom. The zero-order valence-corrected chi connectivity index (χ0v) is 9.83. The molecule has 7 heteroatoms. The van der Waals surface area contributed by atoms with E-state index in [2.05, 4.69) is 0 Å². The molecule has 3 rings (SSSR count). The molecule has 0 bridgehead atoms. The first-order chi connectivity index (χ1) is 9.00. The van der Waals surface area contributed by atoms with Crippen LogP contribution in [0.2, 0.25) is 0 Å². The number of pyridine rings is 1. The number of aromatic nitrogens is 1. The smallest absolute Gasteiger partial charge is 0.341 e. The number of alkyl halides is 1. The monoisotopic (exact) mass is 264 g/mol. The summed E-state index contributed by atoms with van der Waals surface area (Å²) in [6, 6.07) is 4.53. The van der Waals surface area contributed by atoms with Crippen LogP contribution in [0, 0.1) is 0 Å². The maximum atomic E-state index is 13.7. The van der Waals surface area contributed by atoms with Crippen molar-refractivity contribution in [3.8, 4) is 5.75 Å². The maximum absolute atomic E-state index is 13.7. The van der Waals surface area contributed by atoms with Crippen LogP contribution < -0.4 is 15.2 Å². The maximum Gasteiger partial charge on any atom is 0.341 e. The number of nitrogens with zero attached hydrogens (tertiary/aromatic N) is 2. The van der Waals surface area contributed by atoms with Crippen molar-refractivity contribution < 1.29 is 19.0 Å². The first-order valence-corrected chi connectivity index (χ1v) is 5.46. The van der Waals surface area contributed by atoms with E-state index in [1.54, 1.807) is 0 Å². The van der Waals surface area contributed by atoms with Gasteiger partial charge in [0.25, 0.3) is 0 Å². The van der Waals surface area contributed by atoms with Gasteiger partial charge in [0.2, 0.25) is 5.43 Å². The van der Waals surface area contributed by atoms with E-state index in [4.69, 9.17) is 9.84 Å². The fourth-order valence-corrected chi connectivity index (χ4v) is 2.11. The lowest BCUT2D eigenvalue weighted by atomic mass is 10.1. The fourth-order valence-electron chi connectivity index (χ4n) is 2.11. The lowest BCUT2D eigenvalue weighted by molar-refractivity contribution is 0.0412. The number of halogens is 1. The topological polar surface area (TPSA) is 71.8 Å². The number of carboxylic acids is 1. The van der Waals surface area contributed by atoms with Crippen LogP contribution in [0.25, 0.3) is 10.9 Å². The number of aromatic carboxylic acids is 1. The molecular weight excluding hydrogens is 255 g/mol. The average molecular weight is 264 g/mol. The molecule has 1 atom stereocenters. The molecule has 98 valence electrons.